The highest BCUT2D eigenvalue weighted by Crippen LogP contribution is 2.38. The molecule has 0 radical (unpaired) electrons. The Bertz CT molecular complexity index is 645. The van der Waals surface area contributed by atoms with E-state index in [-0.39, 0.29) is 15.9 Å². The van der Waals surface area contributed by atoms with Crippen LogP contribution in [0.5, 0.6) is 0 Å². The number of nitro benzene ring substituents is 1. The Hall–Kier alpha value is -1.67. The molecule has 0 aliphatic rings. The summed E-state index contributed by atoms with van der Waals surface area (Å²) >= 11 is 3.06. The number of rotatable bonds is 7. The smallest absolute Gasteiger partial charge is 0.269 e. The van der Waals surface area contributed by atoms with Gasteiger partial charge < -0.3 is 5.32 Å². The fraction of sp³-hybridized carbons (Fsp3) is 0.429. The van der Waals surface area contributed by atoms with Crippen LogP contribution < -0.4 is 5.32 Å². The van der Waals surface area contributed by atoms with Gasteiger partial charge in [-0.3, -0.25) is 10.1 Å². The van der Waals surface area contributed by atoms with Crippen molar-refractivity contribution >= 4 is 33.9 Å². The molecule has 0 aliphatic heterocycles. The lowest BCUT2D eigenvalue weighted by atomic mass is 10.1. The Morgan fingerprint density at radius 1 is 1.36 bits per heavy atom. The molecule has 8 heteroatoms. The predicted molar refractivity (Wildman–Crippen MR) is 90.6 cm³/mol. The quantitative estimate of drug-likeness (QED) is 0.459. The summed E-state index contributed by atoms with van der Waals surface area (Å²) < 4.78 is 0.852. The summed E-state index contributed by atoms with van der Waals surface area (Å²) in [6.45, 7) is 7.13. The second kappa shape index (κ2) is 7.55. The number of nitrogens with one attached hydrogen (secondary N) is 1. The number of hydrogen-bond donors (Lipinski definition) is 1. The molecule has 1 aromatic heterocycles. The molecule has 118 valence electrons. The van der Waals surface area contributed by atoms with Crippen molar-refractivity contribution in [3.8, 4) is 0 Å². The zero-order valence-corrected chi connectivity index (χ0v) is 14.3. The van der Waals surface area contributed by atoms with E-state index < -0.39 is 0 Å². The number of benzene rings is 1. The minimum absolute atomic E-state index is 0.0748. The summed E-state index contributed by atoms with van der Waals surface area (Å²) in [7, 11) is 0. The van der Waals surface area contributed by atoms with E-state index in [9.17, 15) is 10.1 Å². The van der Waals surface area contributed by atoms with Crippen LogP contribution in [0.1, 0.15) is 31.6 Å². The van der Waals surface area contributed by atoms with Gasteiger partial charge in [0.1, 0.15) is 0 Å². The van der Waals surface area contributed by atoms with E-state index >= 15 is 0 Å². The molecule has 0 aliphatic carbocycles. The van der Waals surface area contributed by atoms with Crippen LogP contribution >= 0.6 is 23.1 Å². The van der Waals surface area contributed by atoms with Gasteiger partial charge in [0.2, 0.25) is 5.13 Å². The van der Waals surface area contributed by atoms with E-state index in [4.69, 9.17) is 0 Å². The fourth-order valence-electron chi connectivity index (χ4n) is 1.73. The van der Waals surface area contributed by atoms with Crippen molar-refractivity contribution in [3.05, 3.63) is 39.9 Å². The molecular formula is C14H18N4O2S2. The lowest BCUT2D eigenvalue weighted by molar-refractivity contribution is -0.384. The first-order chi connectivity index (χ1) is 10.5. The van der Waals surface area contributed by atoms with Gasteiger partial charge >= 0.3 is 0 Å². The third-order valence-corrected chi connectivity index (χ3v) is 5.02. The van der Waals surface area contributed by atoms with Gasteiger partial charge in [0.25, 0.3) is 5.69 Å². The average molecular weight is 338 g/mol. The van der Waals surface area contributed by atoms with Gasteiger partial charge in [-0.25, -0.2) is 0 Å². The van der Waals surface area contributed by atoms with Crippen molar-refractivity contribution in [2.24, 2.45) is 5.92 Å². The van der Waals surface area contributed by atoms with Crippen LogP contribution in [0.15, 0.2) is 28.6 Å². The summed E-state index contributed by atoms with van der Waals surface area (Å²) in [6.07, 6.45) is 0. The highest BCUT2D eigenvalue weighted by atomic mass is 32.2. The van der Waals surface area contributed by atoms with E-state index in [1.165, 1.54) is 17.4 Å². The normalized spacial score (nSPS) is 12.4. The number of thioether (sulfide) groups is 1. The molecule has 0 saturated carbocycles. The second-order valence-corrected chi connectivity index (χ2v) is 7.83. The minimum Gasteiger partial charge on any atom is -0.360 e. The third-order valence-electron chi connectivity index (χ3n) is 2.90. The predicted octanol–water partition coefficient (Wildman–Crippen LogP) is 4.37. The second-order valence-electron chi connectivity index (χ2n) is 5.26. The van der Waals surface area contributed by atoms with Crippen LogP contribution in [-0.2, 0) is 0 Å². The first kappa shape index (κ1) is 16.7. The molecule has 0 bridgehead atoms. The first-order valence-electron chi connectivity index (χ1n) is 6.94. The molecule has 1 heterocycles. The Morgan fingerprint density at radius 3 is 2.82 bits per heavy atom. The number of nitrogens with zero attached hydrogens (tertiary/aromatic N) is 3. The van der Waals surface area contributed by atoms with Crippen LogP contribution in [0, 0.1) is 16.0 Å². The SMILES string of the molecule is CC(C)CNc1nnc(S[C@@H](C)c2cccc([N+](=O)[O-])c2)s1. The number of aromatic nitrogens is 2. The maximum atomic E-state index is 10.8. The molecule has 2 aromatic rings. The van der Waals surface area contributed by atoms with E-state index in [1.54, 1.807) is 23.9 Å². The van der Waals surface area contributed by atoms with Crippen molar-refractivity contribution < 1.29 is 4.92 Å². The fourth-order valence-corrected chi connectivity index (χ4v) is 3.75. The molecule has 22 heavy (non-hydrogen) atoms. The Balaban J connectivity index is 2.01. The number of nitro groups is 1. The Labute approximate surface area is 137 Å². The van der Waals surface area contributed by atoms with E-state index in [2.05, 4.69) is 29.4 Å². The van der Waals surface area contributed by atoms with Crippen LogP contribution in [0.2, 0.25) is 0 Å². The van der Waals surface area contributed by atoms with E-state index in [1.807, 2.05) is 13.0 Å². The van der Waals surface area contributed by atoms with Crippen LogP contribution in [0.25, 0.3) is 0 Å². The zero-order chi connectivity index (χ0) is 16.1. The minimum atomic E-state index is -0.375. The lowest BCUT2D eigenvalue weighted by Gasteiger charge is -2.08. The summed E-state index contributed by atoms with van der Waals surface area (Å²) in [5.74, 6) is 0.545. The highest BCUT2D eigenvalue weighted by molar-refractivity contribution is 8.01. The number of hydrogen-bond acceptors (Lipinski definition) is 7. The molecule has 1 N–H and O–H groups in total. The van der Waals surface area contributed by atoms with Gasteiger partial charge in [0, 0.05) is 23.9 Å². The van der Waals surface area contributed by atoms with Gasteiger partial charge in [-0.1, -0.05) is 49.1 Å². The Morgan fingerprint density at radius 2 is 2.14 bits per heavy atom. The van der Waals surface area contributed by atoms with E-state index in [0.717, 1.165) is 21.6 Å². The summed E-state index contributed by atoms with van der Waals surface area (Å²) in [6, 6.07) is 6.71. The largest absolute Gasteiger partial charge is 0.360 e. The maximum Gasteiger partial charge on any atom is 0.269 e. The molecule has 2 rings (SSSR count). The zero-order valence-electron chi connectivity index (χ0n) is 12.6. The van der Waals surface area contributed by atoms with Crippen molar-refractivity contribution in [2.45, 2.75) is 30.4 Å². The number of anilines is 1. The Kier molecular flexibility index (Phi) is 5.73. The van der Waals surface area contributed by atoms with Gasteiger partial charge in [-0.2, -0.15) is 0 Å². The lowest BCUT2D eigenvalue weighted by Crippen LogP contribution is -2.07. The van der Waals surface area contributed by atoms with Crippen molar-refractivity contribution in [2.75, 3.05) is 11.9 Å². The van der Waals surface area contributed by atoms with Gasteiger partial charge in [-0.05, 0) is 18.4 Å². The highest BCUT2D eigenvalue weighted by Gasteiger charge is 2.14. The van der Waals surface area contributed by atoms with Gasteiger partial charge in [0.15, 0.2) is 4.34 Å². The van der Waals surface area contributed by atoms with Gasteiger partial charge in [0.05, 0.1) is 4.92 Å². The average Bonchev–Trinajstić information content (AvgIpc) is 2.92. The number of non-ortho nitro benzene ring substituents is 1. The molecule has 0 fully saturated rings. The topological polar surface area (TPSA) is 81.0 Å². The molecule has 0 amide bonds. The van der Waals surface area contributed by atoms with E-state index in [0.29, 0.717) is 5.92 Å². The molecule has 0 spiro atoms. The molecule has 1 aromatic carbocycles. The molecule has 1 atom stereocenters. The molecular weight excluding hydrogens is 320 g/mol. The summed E-state index contributed by atoms with van der Waals surface area (Å²) in [5, 5.41) is 23.2. The van der Waals surface area contributed by atoms with Crippen LogP contribution in [-0.4, -0.2) is 21.7 Å². The van der Waals surface area contributed by atoms with Crippen molar-refractivity contribution in [1.29, 1.82) is 0 Å². The third kappa shape index (κ3) is 4.67. The van der Waals surface area contributed by atoms with Crippen LogP contribution in [0.3, 0.4) is 0 Å². The standard InChI is InChI=1S/C14H18N4O2S2/c1-9(2)8-15-13-16-17-14(22-13)21-10(3)11-5-4-6-12(7-11)18(19)20/h4-7,9-10H,8H2,1-3H3,(H,15,16)/t10-/m0/s1. The first-order valence-corrected chi connectivity index (χ1v) is 8.63. The van der Waals surface area contributed by atoms with Crippen molar-refractivity contribution in [1.82, 2.24) is 10.2 Å². The molecule has 6 nitrogen and oxygen atoms in total. The summed E-state index contributed by atoms with van der Waals surface area (Å²) in [4.78, 5) is 10.5. The van der Waals surface area contributed by atoms with Gasteiger partial charge in [-0.15, -0.1) is 10.2 Å². The monoisotopic (exact) mass is 338 g/mol. The molecule has 0 unspecified atom stereocenters. The van der Waals surface area contributed by atoms with Crippen LogP contribution in [0.4, 0.5) is 10.8 Å². The summed E-state index contributed by atoms with van der Waals surface area (Å²) in [5.41, 5.74) is 1.02. The van der Waals surface area contributed by atoms with Crippen molar-refractivity contribution in [3.63, 3.8) is 0 Å². The maximum absolute atomic E-state index is 10.8. The molecule has 0 saturated heterocycles.